The van der Waals surface area contributed by atoms with E-state index in [9.17, 15) is 0 Å². The van der Waals surface area contributed by atoms with E-state index in [4.69, 9.17) is 0 Å². The highest BCUT2D eigenvalue weighted by Crippen LogP contribution is 2.23. The van der Waals surface area contributed by atoms with Crippen molar-refractivity contribution in [2.75, 3.05) is 0 Å². The second-order valence-corrected chi connectivity index (χ2v) is 11.8. The third kappa shape index (κ3) is 14.4. The van der Waals surface area contributed by atoms with Crippen molar-refractivity contribution in [3.8, 4) is 0 Å². The number of rotatable bonds is 6. The molecular weight excluding hydrogens is 369 g/mol. The molecule has 3 unspecified atom stereocenters. The zero-order valence-corrected chi connectivity index (χ0v) is 24.8. The Balaban J connectivity index is 0.000000202. The lowest BCUT2D eigenvalue weighted by atomic mass is 9.92. The van der Waals surface area contributed by atoms with Crippen LogP contribution in [0.15, 0.2) is 36.5 Å². The highest BCUT2D eigenvalue weighted by molar-refractivity contribution is 6.08. The molecule has 0 aromatic carbocycles. The largest absolute Gasteiger partial charge is 0.211 e. The Morgan fingerprint density at radius 1 is 0.481 bits per heavy atom. The van der Waals surface area contributed by atoms with E-state index in [2.05, 4.69) is 36.5 Å². The van der Waals surface area contributed by atoms with Crippen molar-refractivity contribution in [2.24, 2.45) is 17.8 Å². The molecule has 0 nitrogen and oxygen atoms in total. The second kappa shape index (κ2) is 18.8. The van der Waals surface area contributed by atoms with E-state index in [1.165, 1.54) is 142 Å². The fraction of sp³-hybridized carbons (Fsp3) is 0.750. The molecule has 3 aliphatic rings. The molecule has 0 spiro atoms. The lowest BCUT2D eigenvalue weighted by Crippen LogP contribution is -2.01. The first-order chi connectivity index (χ1) is 13.3. The zero-order chi connectivity index (χ0) is 19.6. The van der Waals surface area contributed by atoms with E-state index in [0.29, 0.717) is 0 Å². The first kappa shape index (κ1) is 25.9. The van der Waals surface area contributed by atoms with Crippen molar-refractivity contribution in [3.63, 3.8) is 0 Å². The fourth-order valence-electron chi connectivity index (χ4n) is 4.58. The molecule has 0 saturated heterocycles. The number of hydrogen-bond acceptors (Lipinski definition) is 0. The third-order valence-electron chi connectivity index (χ3n) is 6.22. The minimum Gasteiger partial charge on any atom is -0.101 e. The summed E-state index contributed by atoms with van der Waals surface area (Å²) in [6, 6.07) is 0. The molecule has 3 rings (SSSR count). The van der Waals surface area contributed by atoms with E-state index in [1.807, 2.05) is 0 Å². The Hall–Kier alpha value is 0.817. The van der Waals surface area contributed by atoms with Crippen LogP contribution in [0, 0.1) is 17.8 Å². The summed E-state index contributed by atoms with van der Waals surface area (Å²) in [5, 5.41) is 4.50. The number of hydrogen-bond donors (Lipinski definition) is 0. The Labute approximate surface area is 195 Å². The predicted octanol–water partition coefficient (Wildman–Crippen LogP) is 5.35. The molecule has 0 saturated carbocycles. The molecule has 0 fully saturated rings. The van der Waals surface area contributed by atoms with Crippen molar-refractivity contribution in [2.45, 2.75) is 92.9 Å². The molecule has 0 N–H and O–H groups in total. The molecule has 0 radical (unpaired) electrons. The van der Waals surface area contributed by atoms with Gasteiger partial charge in [0.25, 0.3) is 0 Å². The molecule has 0 aliphatic heterocycles. The van der Waals surface area contributed by atoms with Crippen LogP contribution >= 0.6 is 0 Å². The minimum atomic E-state index is 1.05. The van der Waals surface area contributed by atoms with E-state index in [0.717, 1.165) is 17.8 Å². The average molecular weight is 415 g/mol. The topological polar surface area (TPSA) is 0 Å². The summed E-state index contributed by atoms with van der Waals surface area (Å²) in [5.74, 6) is 3.15. The Kier molecular flexibility index (Phi) is 18.0. The lowest BCUT2D eigenvalue weighted by molar-refractivity contribution is 0.465. The smallest absolute Gasteiger partial charge is 0.101 e. The van der Waals surface area contributed by atoms with Crippen LogP contribution in [0.3, 0.4) is 0 Å². The monoisotopic (exact) mass is 414 g/mol. The summed E-state index contributed by atoms with van der Waals surface area (Å²) in [6.07, 6.45) is 31.0. The molecule has 0 heterocycles. The first-order valence-electron chi connectivity index (χ1n) is 12.2. The van der Waals surface area contributed by atoms with Gasteiger partial charge in [-0.15, -0.1) is 15.8 Å². The molecule has 3 heteroatoms. The van der Waals surface area contributed by atoms with Gasteiger partial charge in [0.15, 0.2) is 0 Å². The summed E-state index contributed by atoms with van der Waals surface area (Å²) in [6.45, 7) is 0. The highest BCUT2D eigenvalue weighted by Gasteiger charge is 2.08. The van der Waals surface area contributed by atoms with Gasteiger partial charge >= 0.3 is 0 Å². The van der Waals surface area contributed by atoms with Crippen LogP contribution < -0.4 is 0 Å². The van der Waals surface area contributed by atoms with Gasteiger partial charge in [-0.25, -0.2) is 0 Å². The van der Waals surface area contributed by atoms with Crippen molar-refractivity contribution in [1.29, 1.82) is 0 Å². The van der Waals surface area contributed by atoms with Gasteiger partial charge in [0, 0.05) is 0 Å². The molecule has 3 atom stereocenters. The summed E-state index contributed by atoms with van der Waals surface area (Å²) in [7, 11) is 0. The maximum atomic E-state index is 2.35. The third-order valence-corrected chi connectivity index (χ3v) is 7.96. The quantitative estimate of drug-likeness (QED) is 0.406. The van der Waals surface area contributed by atoms with Gasteiger partial charge in [0.2, 0.25) is 48.9 Å². The molecule has 0 aromatic heterocycles. The van der Waals surface area contributed by atoms with Crippen molar-refractivity contribution >= 4 is 48.9 Å². The second-order valence-electron chi connectivity index (χ2n) is 8.82. The summed E-state index contributed by atoms with van der Waals surface area (Å²) >= 11 is 4.20. The lowest BCUT2D eigenvalue weighted by Gasteiger charge is -2.15. The molecule has 150 valence electrons. The Bertz CT molecular complexity index is 352. The van der Waals surface area contributed by atoms with Crippen molar-refractivity contribution in [1.82, 2.24) is 0 Å². The first-order valence-corrected chi connectivity index (χ1v) is 16.5. The number of allylic oxidation sites excluding steroid dienone is 6. The normalized spacial score (nSPS) is 26.4. The van der Waals surface area contributed by atoms with Gasteiger partial charge < -0.3 is 0 Å². The summed E-state index contributed by atoms with van der Waals surface area (Å²) < 4.78 is 0. The van der Waals surface area contributed by atoms with Gasteiger partial charge in [-0.2, -0.15) is 0 Å². The molecule has 27 heavy (non-hydrogen) atoms. The molecule has 0 amide bonds. The van der Waals surface area contributed by atoms with Crippen LogP contribution in [0.2, 0.25) is 15.8 Å². The van der Waals surface area contributed by atoms with Gasteiger partial charge in [0.05, 0.1) is 0 Å². The van der Waals surface area contributed by atoms with Gasteiger partial charge in [-0.05, 0) is 75.5 Å². The predicted molar refractivity (Wildman–Crippen MR) is 133 cm³/mol. The molecule has 0 aromatic rings. The van der Waals surface area contributed by atoms with Gasteiger partial charge in [-0.1, -0.05) is 55.7 Å². The average Bonchev–Trinajstić information content (AvgIpc) is 2.72. The van der Waals surface area contributed by atoms with Crippen molar-refractivity contribution in [3.05, 3.63) is 36.5 Å². The minimum absolute atomic E-state index is 1.05. The maximum absolute atomic E-state index is 2.35. The van der Waals surface area contributed by atoms with Crippen LogP contribution in [0.5, 0.6) is 0 Å². The maximum Gasteiger partial charge on any atom is 0.211 e. The van der Waals surface area contributed by atoms with E-state index in [1.54, 1.807) is 0 Å². The standard InChI is InChI=1S/3C8H13.3Al.6H/c3*1-2-8-6-4-3-5-7-8;;;;;;;;;/h3*3-4,8H,1-2,5-7H2;;;;;;;;;. The van der Waals surface area contributed by atoms with E-state index in [-0.39, 0.29) is 0 Å². The molecular formula is C24H45Al3. The Morgan fingerprint density at radius 3 is 0.963 bits per heavy atom. The van der Waals surface area contributed by atoms with Crippen LogP contribution in [0.1, 0.15) is 77.0 Å². The summed E-state index contributed by atoms with van der Waals surface area (Å²) in [5.41, 5.74) is 0. The van der Waals surface area contributed by atoms with E-state index < -0.39 is 0 Å². The van der Waals surface area contributed by atoms with Crippen LogP contribution in [-0.2, 0) is 0 Å². The SMILES string of the molecule is [AlH2][CH2]CC1CC=CCC1.[AlH2][CH2]CC1CC=CCC1.[AlH2][CH2]CC1CC=CCC1. The molecule has 0 bridgehead atoms. The Morgan fingerprint density at radius 2 is 0.778 bits per heavy atom. The van der Waals surface area contributed by atoms with Gasteiger partial charge in [-0.3, -0.25) is 0 Å². The summed E-state index contributed by atoms with van der Waals surface area (Å²) in [4.78, 5) is 0. The fourth-order valence-corrected chi connectivity index (χ4v) is 7.03. The van der Waals surface area contributed by atoms with Crippen molar-refractivity contribution < 1.29 is 0 Å². The van der Waals surface area contributed by atoms with Crippen LogP contribution in [-0.4, -0.2) is 48.9 Å². The molecule has 3 aliphatic carbocycles. The van der Waals surface area contributed by atoms with Gasteiger partial charge in [0.1, 0.15) is 0 Å². The van der Waals surface area contributed by atoms with Crippen LogP contribution in [0.4, 0.5) is 0 Å². The zero-order valence-electron chi connectivity index (χ0n) is 18.8. The highest BCUT2D eigenvalue weighted by atomic mass is 27.1. The van der Waals surface area contributed by atoms with Crippen LogP contribution in [0.25, 0.3) is 0 Å². The van der Waals surface area contributed by atoms with E-state index >= 15 is 0 Å².